The number of carbonyl (C=O) groups excluding carboxylic acids is 1. The fourth-order valence-electron chi connectivity index (χ4n) is 3.58. The van der Waals surface area contributed by atoms with Gasteiger partial charge in [0.1, 0.15) is 5.82 Å². The summed E-state index contributed by atoms with van der Waals surface area (Å²) in [6, 6.07) is 3.38. The molecule has 0 fully saturated rings. The Labute approximate surface area is 173 Å². The lowest BCUT2D eigenvalue weighted by Crippen LogP contribution is -2.32. The zero-order valence-corrected chi connectivity index (χ0v) is 17.9. The Morgan fingerprint density at radius 2 is 2.07 bits per heavy atom. The monoisotopic (exact) mass is 396 g/mol. The van der Waals surface area contributed by atoms with Gasteiger partial charge < -0.3 is 9.88 Å². The van der Waals surface area contributed by atoms with Crippen LogP contribution in [0.4, 0.5) is 0 Å². The molecular formula is C22H32N6O. The normalized spacial score (nSPS) is 15.5. The number of carbonyl (C=O) groups is 1. The second-order valence-electron chi connectivity index (χ2n) is 8.36. The third-order valence-electron chi connectivity index (χ3n) is 5.15. The molecule has 0 radical (unpaired) electrons. The summed E-state index contributed by atoms with van der Waals surface area (Å²) in [5.41, 5.74) is 1.90. The highest BCUT2D eigenvalue weighted by Gasteiger charge is 2.26. The van der Waals surface area contributed by atoms with Crippen LogP contribution in [-0.2, 0) is 13.0 Å². The number of allylic oxidation sites excluding steroid dienone is 1. The molecule has 3 rings (SSSR count). The van der Waals surface area contributed by atoms with E-state index in [2.05, 4.69) is 63.7 Å². The molecule has 2 aromatic heterocycles. The van der Waals surface area contributed by atoms with E-state index in [1.807, 2.05) is 0 Å². The number of nitrogens with zero attached hydrogens (tertiary/aromatic N) is 5. The van der Waals surface area contributed by atoms with Gasteiger partial charge >= 0.3 is 0 Å². The van der Waals surface area contributed by atoms with Crippen LogP contribution in [0.25, 0.3) is 0 Å². The van der Waals surface area contributed by atoms with Crippen LogP contribution >= 0.6 is 0 Å². The van der Waals surface area contributed by atoms with Gasteiger partial charge in [0.05, 0.1) is 11.6 Å². The van der Waals surface area contributed by atoms with E-state index in [-0.39, 0.29) is 11.9 Å². The maximum atomic E-state index is 12.7. The molecule has 0 bridgehead atoms. The summed E-state index contributed by atoms with van der Waals surface area (Å²) in [6.45, 7) is 12.3. The molecule has 7 nitrogen and oxygen atoms in total. The molecule has 1 atom stereocenters. The third kappa shape index (κ3) is 5.73. The summed E-state index contributed by atoms with van der Waals surface area (Å²) >= 11 is 0. The minimum atomic E-state index is -0.173. The van der Waals surface area contributed by atoms with Crippen molar-refractivity contribution in [1.29, 1.82) is 0 Å². The molecule has 0 aliphatic carbocycles. The van der Waals surface area contributed by atoms with Gasteiger partial charge in [0.25, 0.3) is 5.91 Å². The van der Waals surface area contributed by atoms with Crippen molar-refractivity contribution in [2.45, 2.75) is 53.1 Å². The molecule has 0 spiro atoms. The summed E-state index contributed by atoms with van der Waals surface area (Å²) in [5, 5.41) is 12.1. The highest BCUT2D eigenvalue weighted by molar-refractivity contribution is 5.94. The van der Waals surface area contributed by atoms with Crippen molar-refractivity contribution < 1.29 is 4.79 Å². The lowest BCUT2D eigenvalue weighted by Gasteiger charge is -2.22. The zero-order chi connectivity index (χ0) is 20.8. The first-order valence-electron chi connectivity index (χ1n) is 10.4. The van der Waals surface area contributed by atoms with E-state index in [9.17, 15) is 4.79 Å². The molecule has 0 saturated heterocycles. The lowest BCUT2D eigenvalue weighted by atomic mass is 10.0. The van der Waals surface area contributed by atoms with Gasteiger partial charge in [-0.25, -0.2) is 0 Å². The Morgan fingerprint density at radius 3 is 2.76 bits per heavy atom. The maximum Gasteiger partial charge on any atom is 0.253 e. The van der Waals surface area contributed by atoms with Gasteiger partial charge in [-0.1, -0.05) is 25.5 Å². The van der Waals surface area contributed by atoms with Crippen LogP contribution < -0.4 is 5.32 Å². The van der Waals surface area contributed by atoms with Crippen molar-refractivity contribution in [1.82, 2.24) is 30.0 Å². The summed E-state index contributed by atoms with van der Waals surface area (Å²) in [5.74, 6) is 2.15. The molecule has 1 aliphatic rings. The number of hydrogen-bond donors (Lipinski definition) is 1. The Balaban J connectivity index is 1.78. The van der Waals surface area contributed by atoms with Crippen LogP contribution in [0, 0.1) is 5.92 Å². The number of hydrogen-bond acceptors (Lipinski definition) is 5. The number of fused-ring (bicyclic) bond motifs is 1. The molecule has 1 unspecified atom stereocenters. The van der Waals surface area contributed by atoms with Crippen LogP contribution in [0.15, 0.2) is 36.2 Å². The van der Waals surface area contributed by atoms with E-state index in [1.165, 1.54) is 5.57 Å². The predicted octanol–water partition coefficient (Wildman–Crippen LogP) is 3.01. The lowest BCUT2D eigenvalue weighted by molar-refractivity contribution is 0.0928. The quantitative estimate of drug-likeness (QED) is 0.728. The highest BCUT2D eigenvalue weighted by Crippen LogP contribution is 2.23. The van der Waals surface area contributed by atoms with Gasteiger partial charge in [0.15, 0.2) is 5.82 Å². The molecule has 3 heterocycles. The fourth-order valence-corrected chi connectivity index (χ4v) is 3.58. The number of aromatic nitrogens is 4. The van der Waals surface area contributed by atoms with Gasteiger partial charge in [-0.05, 0) is 38.3 Å². The first kappa shape index (κ1) is 21.2. The van der Waals surface area contributed by atoms with Gasteiger partial charge in [-0.3, -0.25) is 14.7 Å². The molecule has 29 heavy (non-hydrogen) atoms. The fraction of sp³-hybridized carbons (Fsp3) is 0.545. The Bertz CT molecular complexity index is 838. The largest absolute Gasteiger partial charge is 0.342 e. The topological polar surface area (TPSA) is 75.9 Å². The summed E-state index contributed by atoms with van der Waals surface area (Å²) in [7, 11) is 0. The van der Waals surface area contributed by atoms with Crippen LogP contribution in [0.1, 0.15) is 62.2 Å². The first-order valence-corrected chi connectivity index (χ1v) is 10.4. The standard InChI is InChI=1S/C22H32N6O/c1-16(2)7-10-27-11-8-20-25-26-21(28(20)13-12-27)19(14-17(3)4)24-22(29)18-6-5-9-23-15-18/h5-7,9,15,17,19H,8,10-14H2,1-4H3,(H,24,29). The summed E-state index contributed by atoms with van der Waals surface area (Å²) < 4.78 is 2.21. The molecule has 1 N–H and O–H groups in total. The van der Waals surface area contributed by atoms with Crippen molar-refractivity contribution in [3.63, 3.8) is 0 Å². The third-order valence-corrected chi connectivity index (χ3v) is 5.15. The first-order chi connectivity index (χ1) is 13.9. The van der Waals surface area contributed by atoms with Gasteiger partial charge in [-0.2, -0.15) is 0 Å². The van der Waals surface area contributed by atoms with Gasteiger partial charge in [0, 0.05) is 45.0 Å². The molecular weight excluding hydrogens is 364 g/mol. The molecule has 0 aromatic carbocycles. The van der Waals surface area contributed by atoms with Crippen molar-refractivity contribution >= 4 is 5.91 Å². The van der Waals surface area contributed by atoms with Crippen molar-refractivity contribution in [2.24, 2.45) is 5.92 Å². The summed E-state index contributed by atoms with van der Waals surface area (Å²) in [4.78, 5) is 19.2. The molecule has 0 saturated carbocycles. The molecule has 1 aliphatic heterocycles. The van der Waals surface area contributed by atoms with Gasteiger partial charge in [0.2, 0.25) is 0 Å². The molecule has 7 heteroatoms. The van der Waals surface area contributed by atoms with Crippen LogP contribution in [0.2, 0.25) is 0 Å². The number of pyridine rings is 1. The predicted molar refractivity (Wildman–Crippen MR) is 113 cm³/mol. The van der Waals surface area contributed by atoms with Crippen molar-refractivity contribution in [3.05, 3.63) is 53.4 Å². The minimum absolute atomic E-state index is 0.125. The number of amides is 1. The van der Waals surface area contributed by atoms with E-state index in [0.29, 0.717) is 11.5 Å². The highest BCUT2D eigenvalue weighted by atomic mass is 16.1. The Morgan fingerprint density at radius 1 is 1.24 bits per heavy atom. The van der Waals surface area contributed by atoms with E-state index in [1.54, 1.807) is 24.5 Å². The van der Waals surface area contributed by atoms with E-state index in [0.717, 1.165) is 50.7 Å². The number of rotatable bonds is 7. The Hall–Kier alpha value is -2.54. The van der Waals surface area contributed by atoms with E-state index < -0.39 is 0 Å². The SMILES string of the molecule is CC(C)=CCN1CCc2nnc(C(CC(C)C)NC(=O)c3cccnc3)n2CC1. The average Bonchev–Trinajstić information content (AvgIpc) is 2.99. The second-order valence-corrected chi connectivity index (χ2v) is 8.36. The van der Waals surface area contributed by atoms with Crippen molar-refractivity contribution in [2.75, 3.05) is 19.6 Å². The van der Waals surface area contributed by atoms with Crippen LogP contribution in [0.5, 0.6) is 0 Å². The zero-order valence-electron chi connectivity index (χ0n) is 17.9. The number of nitrogens with one attached hydrogen (secondary N) is 1. The van der Waals surface area contributed by atoms with Gasteiger partial charge in [-0.15, -0.1) is 10.2 Å². The van der Waals surface area contributed by atoms with Crippen molar-refractivity contribution in [3.8, 4) is 0 Å². The summed E-state index contributed by atoms with van der Waals surface area (Å²) in [6.07, 6.45) is 7.21. The average molecular weight is 397 g/mol. The maximum absolute atomic E-state index is 12.7. The molecule has 1 amide bonds. The molecule has 156 valence electrons. The minimum Gasteiger partial charge on any atom is -0.342 e. The smallest absolute Gasteiger partial charge is 0.253 e. The second kappa shape index (κ2) is 9.78. The molecule has 2 aromatic rings. The van der Waals surface area contributed by atoms with Crippen LogP contribution in [-0.4, -0.2) is 50.2 Å². The van der Waals surface area contributed by atoms with E-state index >= 15 is 0 Å². The van der Waals surface area contributed by atoms with E-state index in [4.69, 9.17) is 0 Å². The Kier molecular flexibility index (Phi) is 7.14. The van der Waals surface area contributed by atoms with Crippen LogP contribution in [0.3, 0.4) is 0 Å².